The second kappa shape index (κ2) is 6.36. The van der Waals surface area contributed by atoms with Crippen molar-refractivity contribution in [1.82, 2.24) is 19.7 Å². The molecule has 1 aliphatic carbocycles. The number of carbonyl (C=O) groups excluding carboxylic acids is 1. The van der Waals surface area contributed by atoms with E-state index in [1.54, 1.807) is 33.9 Å². The molecule has 1 N–H and O–H groups in total. The van der Waals surface area contributed by atoms with Crippen LogP contribution in [0.4, 0.5) is 0 Å². The minimum Gasteiger partial charge on any atom is -0.482 e. The normalized spacial score (nSPS) is 22.8. The average Bonchev–Trinajstić information content (AvgIpc) is 3.22. The van der Waals surface area contributed by atoms with E-state index in [9.17, 15) is 9.59 Å². The number of amides is 1. The van der Waals surface area contributed by atoms with Gasteiger partial charge in [0.05, 0.1) is 37.2 Å². The standard InChI is InChI=1S/C17H20N4O4/c1-20-8-13(6-18-20)25-15-10-24-9-14(15)19-17(23)11-2-5-16(22)21(7-11)12-3-4-12/h2,5-8,12,14-15H,3-4,9-10H2,1H3,(H,19,23)/t14-,15+/m0/s1. The van der Waals surface area contributed by atoms with E-state index in [1.165, 1.54) is 6.07 Å². The molecule has 8 heteroatoms. The summed E-state index contributed by atoms with van der Waals surface area (Å²) in [6, 6.07) is 2.98. The minimum atomic E-state index is -0.275. The maximum absolute atomic E-state index is 12.6. The van der Waals surface area contributed by atoms with Gasteiger partial charge >= 0.3 is 0 Å². The first-order chi connectivity index (χ1) is 12.1. The highest BCUT2D eigenvalue weighted by Gasteiger charge is 2.32. The summed E-state index contributed by atoms with van der Waals surface area (Å²) in [6.07, 6.45) is 6.74. The number of rotatable bonds is 5. The summed E-state index contributed by atoms with van der Waals surface area (Å²) in [5.74, 6) is 0.407. The Morgan fingerprint density at radius 2 is 2.16 bits per heavy atom. The monoisotopic (exact) mass is 344 g/mol. The smallest absolute Gasteiger partial charge is 0.253 e. The maximum Gasteiger partial charge on any atom is 0.253 e. The molecule has 1 saturated carbocycles. The Labute approximate surface area is 144 Å². The number of ether oxygens (including phenoxy) is 2. The largest absolute Gasteiger partial charge is 0.482 e. The summed E-state index contributed by atoms with van der Waals surface area (Å²) in [5.41, 5.74) is 0.402. The van der Waals surface area contributed by atoms with Crippen LogP contribution in [0.5, 0.6) is 5.75 Å². The van der Waals surface area contributed by atoms with Gasteiger partial charge < -0.3 is 19.4 Å². The molecule has 8 nitrogen and oxygen atoms in total. The molecule has 0 bridgehead atoms. The molecule has 2 aromatic heterocycles. The molecule has 0 aromatic carbocycles. The Hall–Kier alpha value is -2.61. The maximum atomic E-state index is 12.6. The Morgan fingerprint density at radius 1 is 1.32 bits per heavy atom. The van der Waals surface area contributed by atoms with Gasteiger partial charge in [0.25, 0.3) is 11.5 Å². The van der Waals surface area contributed by atoms with Crippen molar-refractivity contribution in [1.29, 1.82) is 0 Å². The number of hydrogen-bond acceptors (Lipinski definition) is 5. The predicted molar refractivity (Wildman–Crippen MR) is 88.7 cm³/mol. The summed E-state index contributed by atoms with van der Waals surface area (Å²) in [5, 5.41) is 7.01. The number of aromatic nitrogens is 3. The van der Waals surface area contributed by atoms with Gasteiger partial charge in [-0.15, -0.1) is 0 Å². The van der Waals surface area contributed by atoms with E-state index in [1.807, 2.05) is 7.05 Å². The van der Waals surface area contributed by atoms with Crippen LogP contribution in [0.15, 0.2) is 35.5 Å². The number of aryl methyl sites for hydroxylation is 1. The SMILES string of the molecule is Cn1cc(O[C@@H]2COC[C@@H]2NC(=O)c2ccc(=O)n(C3CC3)c2)cn1. The summed E-state index contributed by atoms with van der Waals surface area (Å²) in [7, 11) is 1.81. The molecule has 0 spiro atoms. The molecule has 25 heavy (non-hydrogen) atoms. The molecule has 4 rings (SSSR count). The molecular weight excluding hydrogens is 324 g/mol. The Kier molecular flexibility index (Phi) is 4.04. The van der Waals surface area contributed by atoms with Gasteiger partial charge in [0, 0.05) is 25.4 Å². The van der Waals surface area contributed by atoms with E-state index in [0.29, 0.717) is 24.5 Å². The van der Waals surface area contributed by atoms with Crippen LogP contribution in [0.1, 0.15) is 29.2 Å². The highest BCUT2D eigenvalue weighted by Crippen LogP contribution is 2.33. The Morgan fingerprint density at radius 3 is 2.88 bits per heavy atom. The molecule has 132 valence electrons. The van der Waals surface area contributed by atoms with Gasteiger partial charge in [0.1, 0.15) is 6.10 Å². The number of carbonyl (C=O) groups is 1. The number of hydrogen-bond donors (Lipinski definition) is 1. The topological polar surface area (TPSA) is 87.4 Å². The number of nitrogens with one attached hydrogen (secondary N) is 1. The molecule has 2 fully saturated rings. The zero-order chi connectivity index (χ0) is 17.4. The Bertz CT molecular complexity index is 839. The van der Waals surface area contributed by atoms with Crippen LogP contribution in [-0.2, 0) is 11.8 Å². The van der Waals surface area contributed by atoms with E-state index < -0.39 is 0 Å². The molecule has 1 amide bonds. The molecule has 2 aliphatic rings. The van der Waals surface area contributed by atoms with Crippen molar-refractivity contribution in [3.05, 3.63) is 46.6 Å². The molecule has 0 radical (unpaired) electrons. The summed E-state index contributed by atoms with van der Waals surface area (Å²) in [6.45, 7) is 0.792. The fraction of sp³-hybridized carbons (Fsp3) is 0.471. The number of pyridine rings is 1. The lowest BCUT2D eigenvalue weighted by Crippen LogP contribution is -2.45. The lowest BCUT2D eigenvalue weighted by Gasteiger charge is -2.20. The first-order valence-electron chi connectivity index (χ1n) is 8.36. The third-order valence-corrected chi connectivity index (χ3v) is 4.45. The van der Waals surface area contributed by atoms with Gasteiger partial charge in [-0.1, -0.05) is 0 Å². The van der Waals surface area contributed by atoms with Gasteiger partial charge in [0.2, 0.25) is 0 Å². The molecular formula is C17H20N4O4. The second-order valence-electron chi connectivity index (χ2n) is 6.52. The van der Waals surface area contributed by atoms with Gasteiger partial charge in [-0.25, -0.2) is 0 Å². The molecule has 0 unspecified atom stereocenters. The lowest BCUT2D eigenvalue weighted by atomic mass is 10.2. The van der Waals surface area contributed by atoms with Gasteiger partial charge in [-0.05, 0) is 18.9 Å². The van der Waals surface area contributed by atoms with Crippen molar-refractivity contribution in [2.45, 2.75) is 31.0 Å². The van der Waals surface area contributed by atoms with Crippen LogP contribution in [0.25, 0.3) is 0 Å². The van der Waals surface area contributed by atoms with Crippen molar-refractivity contribution in [2.75, 3.05) is 13.2 Å². The first kappa shape index (κ1) is 15.9. The second-order valence-corrected chi connectivity index (χ2v) is 6.52. The van der Waals surface area contributed by atoms with Crippen molar-refractivity contribution in [3.8, 4) is 5.75 Å². The number of nitrogens with zero attached hydrogens (tertiary/aromatic N) is 3. The molecule has 2 atom stereocenters. The lowest BCUT2D eigenvalue weighted by molar-refractivity contribution is 0.0903. The van der Waals surface area contributed by atoms with Crippen molar-refractivity contribution in [2.24, 2.45) is 7.05 Å². The quantitative estimate of drug-likeness (QED) is 0.853. The van der Waals surface area contributed by atoms with Crippen LogP contribution in [-0.4, -0.2) is 45.6 Å². The summed E-state index contributed by atoms with van der Waals surface area (Å²) < 4.78 is 14.6. The summed E-state index contributed by atoms with van der Waals surface area (Å²) >= 11 is 0. The predicted octanol–water partition coefficient (Wildman–Crippen LogP) is 0.493. The van der Waals surface area contributed by atoms with E-state index in [-0.39, 0.29) is 29.7 Å². The Balaban J connectivity index is 1.44. The molecule has 3 heterocycles. The summed E-state index contributed by atoms with van der Waals surface area (Å²) in [4.78, 5) is 24.4. The minimum absolute atomic E-state index is 0.0685. The van der Waals surface area contributed by atoms with E-state index >= 15 is 0 Å². The van der Waals surface area contributed by atoms with Gasteiger partial charge in [-0.2, -0.15) is 5.10 Å². The van der Waals surface area contributed by atoms with Crippen LogP contribution < -0.4 is 15.6 Å². The molecule has 2 aromatic rings. The van der Waals surface area contributed by atoms with Crippen molar-refractivity contribution < 1.29 is 14.3 Å². The highest BCUT2D eigenvalue weighted by atomic mass is 16.5. The van der Waals surface area contributed by atoms with Crippen LogP contribution >= 0.6 is 0 Å². The third kappa shape index (κ3) is 3.43. The van der Waals surface area contributed by atoms with E-state index in [4.69, 9.17) is 9.47 Å². The van der Waals surface area contributed by atoms with E-state index in [2.05, 4.69) is 10.4 Å². The highest BCUT2D eigenvalue weighted by molar-refractivity contribution is 5.94. The van der Waals surface area contributed by atoms with Crippen molar-refractivity contribution >= 4 is 5.91 Å². The van der Waals surface area contributed by atoms with Gasteiger partial charge in [-0.3, -0.25) is 14.3 Å². The van der Waals surface area contributed by atoms with Crippen LogP contribution in [0, 0.1) is 0 Å². The zero-order valence-corrected chi connectivity index (χ0v) is 13.9. The van der Waals surface area contributed by atoms with Gasteiger partial charge in [0.15, 0.2) is 5.75 Å². The fourth-order valence-corrected chi connectivity index (χ4v) is 2.95. The van der Waals surface area contributed by atoms with Crippen molar-refractivity contribution in [3.63, 3.8) is 0 Å². The third-order valence-electron chi connectivity index (χ3n) is 4.45. The average molecular weight is 344 g/mol. The zero-order valence-electron chi connectivity index (χ0n) is 13.9. The van der Waals surface area contributed by atoms with Crippen LogP contribution in [0.3, 0.4) is 0 Å². The van der Waals surface area contributed by atoms with E-state index in [0.717, 1.165) is 12.8 Å². The first-order valence-corrected chi connectivity index (χ1v) is 8.36. The molecule has 1 saturated heterocycles. The molecule has 1 aliphatic heterocycles. The van der Waals surface area contributed by atoms with Crippen LogP contribution in [0.2, 0.25) is 0 Å². The fourth-order valence-electron chi connectivity index (χ4n) is 2.95.